The van der Waals surface area contributed by atoms with E-state index in [1.807, 2.05) is 0 Å². The summed E-state index contributed by atoms with van der Waals surface area (Å²) >= 11 is 2.43. The van der Waals surface area contributed by atoms with Gasteiger partial charge in [0.25, 0.3) is 0 Å². The van der Waals surface area contributed by atoms with Gasteiger partial charge >= 0.3 is 6.18 Å². The lowest BCUT2D eigenvalue weighted by atomic mass is 10.1. The Morgan fingerprint density at radius 1 is 1.36 bits per heavy atom. The van der Waals surface area contributed by atoms with Crippen LogP contribution in [0.25, 0.3) is 0 Å². The molecule has 1 rings (SSSR count). The molecule has 3 N–H and O–H groups in total. The number of anilines is 1. The molecule has 78 valence electrons. The summed E-state index contributed by atoms with van der Waals surface area (Å²) in [7, 11) is 0. The van der Waals surface area contributed by atoms with E-state index in [1.54, 1.807) is 0 Å². The lowest BCUT2D eigenvalue weighted by Gasteiger charge is -2.12. The van der Waals surface area contributed by atoms with Crippen LogP contribution in [0.3, 0.4) is 0 Å². The second kappa shape index (κ2) is 3.30. The zero-order valence-corrected chi connectivity index (χ0v) is 8.08. The van der Waals surface area contributed by atoms with E-state index in [1.165, 1.54) is 0 Å². The monoisotopic (exact) mass is 273 g/mol. The quantitative estimate of drug-likeness (QED) is 0.434. The first-order valence-electron chi connectivity index (χ1n) is 3.28. The van der Waals surface area contributed by atoms with Gasteiger partial charge in [0.05, 0.1) is 10.2 Å². The van der Waals surface area contributed by atoms with E-state index in [4.69, 9.17) is 10.8 Å². The Hall–Kier alpha value is -0.980. The Bertz CT molecular complexity index is 377. The fourth-order valence-electron chi connectivity index (χ4n) is 0.887. The predicted octanol–water partition coefficient (Wildman–Crippen LogP) is 2.89. The van der Waals surface area contributed by atoms with Crippen molar-refractivity contribution in [1.82, 2.24) is 0 Å². The fourth-order valence-corrected chi connectivity index (χ4v) is 1.53. The normalized spacial score (nSPS) is 11.8. The molecular weight excluding hydrogens is 270 g/mol. The molecule has 0 spiro atoms. The standard InChI is InChI=1S/C7H4BrF4NO/c8-5-4(7(10,11)12)2(9)1-3(13)6(5)14/h1,14H,13H2. The molecule has 0 aliphatic heterocycles. The van der Waals surface area contributed by atoms with Crippen LogP contribution >= 0.6 is 15.9 Å². The van der Waals surface area contributed by atoms with Crippen LogP contribution < -0.4 is 5.73 Å². The van der Waals surface area contributed by atoms with Gasteiger partial charge in [-0.1, -0.05) is 0 Å². The van der Waals surface area contributed by atoms with Crippen molar-refractivity contribution >= 4 is 21.6 Å². The van der Waals surface area contributed by atoms with Gasteiger partial charge in [-0.15, -0.1) is 0 Å². The van der Waals surface area contributed by atoms with Crippen LogP contribution in [0.4, 0.5) is 23.2 Å². The van der Waals surface area contributed by atoms with Gasteiger partial charge in [0.1, 0.15) is 11.4 Å². The number of halogens is 5. The third-order valence-corrected chi connectivity index (χ3v) is 2.28. The summed E-state index contributed by atoms with van der Waals surface area (Å²) in [5, 5.41) is 9.04. The number of benzene rings is 1. The molecule has 14 heavy (non-hydrogen) atoms. The van der Waals surface area contributed by atoms with Gasteiger partial charge in [0.2, 0.25) is 0 Å². The molecule has 0 amide bonds. The van der Waals surface area contributed by atoms with Crippen LogP contribution in [-0.2, 0) is 6.18 Å². The molecule has 1 aromatic carbocycles. The van der Waals surface area contributed by atoms with Gasteiger partial charge in [-0.25, -0.2) is 4.39 Å². The van der Waals surface area contributed by atoms with Crippen molar-refractivity contribution < 1.29 is 22.7 Å². The van der Waals surface area contributed by atoms with Crippen molar-refractivity contribution in [3.05, 3.63) is 21.9 Å². The van der Waals surface area contributed by atoms with Crippen molar-refractivity contribution in [2.24, 2.45) is 0 Å². The molecule has 0 saturated heterocycles. The number of nitrogens with two attached hydrogens (primary N) is 1. The maximum Gasteiger partial charge on any atom is 0.420 e. The first kappa shape index (κ1) is 11.1. The smallest absolute Gasteiger partial charge is 0.420 e. The minimum atomic E-state index is -4.88. The zero-order valence-electron chi connectivity index (χ0n) is 6.49. The molecule has 0 unspecified atom stereocenters. The number of phenols is 1. The van der Waals surface area contributed by atoms with Crippen molar-refractivity contribution in [1.29, 1.82) is 0 Å². The molecule has 0 bridgehead atoms. The predicted molar refractivity (Wildman–Crippen MR) is 45.2 cm³/mol. The lowest BCUT2D eigenvalue weighted by molar-refractivity contribution is -0.140. The second-order valence-corrected chi connectivity index (χ2v) is 3.28. The minimum absolute atomic E-state index is 0.420. The third-order valence-electron chi connectivity index (χ3n) is 1.51. The van der Waals surface area contributed by atoms with Crippen LogP contribution in [0, 0.1) is 5.82 Å². The van der Waals surface area contributed by atoms with E-state index in [0.29, 0.717) is 6.07 Å². The Kier molecular flexibility index (Phi) is 2.62. The molecule has 0 radical (unpaired) electrons. The van der Waals surface area contributed by atoms with E-state index in [9.17, 15) is 17.6 Å². The summed E-state index contributed by atoms with van der Waals surface area (Å²) in [6.45, 7) is 0. The molecule has 0 aromatic heterocycles. The van der Waals surface area contributed by atoms with E-state index in [2.05, 4.69) is 15.9 Å². The van der Waals surface area contributed by atoms with Crippen LogP contribution in [-0.4, -0.2) is 5.11 Å². The molecule has 2 nitrogen and oxygen atoms in total. The minimum Gasteiger partial charge on any atom is -0.505 e. The molecule has 0 saturated carbocycles. The molecule has 0 aliphatic carbocycles. The van der Waals surface area contributed by atoms with Gasteiger partial charge in [0.15, 0.2) is 5.75 Å². The summed E-state index contributed by atoms with van der Waals surface area (Å²) in [5.74, 6) is -2.35. The molecule has 0 atom stereocenters. The highest BCUT2D eigenvalue weighted by Crippen LogP contribution is 2.43. The Labute approximate surface area is 84.5 Å². The van der Waals surface area contributed by atoms with Crippen LogP contribution in [0.1, 0.15) is 5.56 Å². The lowest BCUT2D eigenvalue weighted by Crippen LogP contribution is -2.10. The molecule has 0 fully saturated rings. The Morgan fingerprint density at radius 2 is 1.86 bits per heavy atom. The van der Waals surface area contributed by atoms with Crippen LogP contribution in [0.15, 0.2) is 10.5 Å². The molecule has 0 heterocycles. The van der Waals surface area contributed by atoms with Gasteiger partial charge in [-0.3, -0.25) is 0 Å². The molecular formula is C7H4BrF4NO. The van der Waals surface area contributed by atoms with Crippen molar-refractivity contribution in [3.63, 3.8) is 0 Å². The number of alkyl halides is 3. The maximum absolute atomic E-state index is 12.8. The van der Waals surface area contributed by atoms with Crippen molar-refractivity contribution in [2.45, 2.75) is 6.18 Å². The average molecular weight is 274 g/mol. The second-order valence-electron chi connectivity index (χ2n) is 2.48. The van der Waals surface area contributed by atoms with Gasteiger partial charge < -0.3 is 10.8 Å². The van der Waals surface area contributed by atoms with Crippen LogP contribution in [0.5, 0.6) is 5.75 Å². The number of nitrogen functional groups attached to an aromatic ring is 1. The van der Waals surface area contributed by atoms with Crippen molar-refractivity contribution in [2.75, 3.05) is 5.73 Å². The Balaban J connectivity index is 3.53. The zero-order chi connectivity index (χ0) is 11.1. The van der Waals surface area contributed by atoms with E-state index in [0.717, 1.165) is 0 Å². The number of rotatable bonds is 0. The Morgan fingerprint density at radius 3 is 2.29 bits per heavy atom. The van der Waals surface area contributed by atoms with Gasteiger partial charge in [-0.2, -0.15) is 13.2 Å². The largest absolute Gasteiger partial charge is 0.505 e. The number of hydrogen-bond donors (Lipinski definition) is 2. The van der Waals surface area contributed by atoms with E-state index >= 15 is 0 Å². The highest BCUT2D eigenvalue weighted by molar-refractivity contribution is 9.10. The van der Waals surface area contributed by atoms with E-state index < -0.39 is 33.5 Å². The van der Waals surface area contributed by atoms with E-state index in [-0.39, 0.29) is 0 Å². The summed E-state index contributed by atoms with van der Waals surface area (Å²) in [5.41, 5.74) is 3.02. The van der Waals surface area contributed by atoms with Gasteiger partial charge in [-0.05, 0) is 15.9 Å². The first-order chi connectivity index (χ1) is 6.25. The average Bonchev–Trinajstić information content (AvgIpc) is 1.97. The molecule has 0 aliphatic rings. The van der Waals surface area contributed by atoms with Crippen LogP contribution in [0.2, 0.25) is 0 Å². The first-order valence-corrected chi connectivity index (χ1v) is 4.08. The summed E-state index contributed by atoms with van der Waals surface area (Å²) in [4.78, 5) is 0. The molecule has 1 aromatic rings. The number of phenolic OH excluding ortho intramolecular Hbond substituents is 1. The number of aromatic hydroxyl groups is 1. The van der Waals surface area contributed by atoms with Gasteiger partial charge in [0, 0.05) is 6.07 Å². The topological polar surface area (TPSA) is 46.2 Å². The number of hydrogen-bond acceptors (Lipinski definition) is 2. The summed E-state index contributed by atoms with van der Waals surface area (Å²) < 4.78 is 48.7. The summed E-state index contributed by atoms with van der Waals surface area (Å²) in [6, 6.07) is 0.420. The maximum atomic E-state index is 12.8. The SMILES string of the molecule is Nc1cc(F)c(C(F)(F)F)c(Br)c1O. The third kappa shape index (κ3) is 1.77. The van der Waals surface area contributed by atoms with Crippen molar-refractivity contribution in [3.8, 4) is 5.75 Å². The summed E-state index contributed by atoms with van der Waals surface area (Å²) in [6.07, 6.45) is -4.88. The fraction of sp³-hybridized carbons (Fsp3) is 0.143. The highest BCUT2D eigenvalue weighted by atomic mass is 79.9. The highest BCUT2D eigenvalue weighted by Gasteiger charge is 2.38. The molecule has 7 heteroatoms.